The number of rotatable bonds is 8. The molecule has 1 saturated carbocycles. The van der Waals surface area contributed by atoms with Gasteiger partial charge in [0, 0.05) is 19.1 Å². The molecular weight excluding hydrogens is 263 g/mol. The molecule has 0 amide bonds. The van der Waals surface area contributed by atoms with Crippen molar-refractivity contribution in [3.63, 3.8) is 0 Å². The number of nitrogens with one attached hydrogen (secondary N) is 1. The van der Waals surface area contributed by atoms with Crippen molar-refractivity contribution in [3.05, 3.63) is 29.6 Å². The Bertz CT molecular complexity index is 443. The van der Waals surface area contributed by atoms with Crippen molar-refractivity contribution in [2.75, 3.05) is 24.5 Å². The summed E-state index contributed by atoms with van der Waals surface area (Å²) in [6, 6.07) is 5.92. The molecule has 118 valence electrons. The van der Waals surface area contributed by atoms with Crippen LogP contribution in [0, 0.1) is 11.7 Å². The van der Waals surface area contributed by atoms with E-state index >= 15 is 0 Å². The van der Waals surface area contributed by atoms with Crippen LogP contribution in [0.5, 0.6) is 0 Å². The van der Waals surface area contributed by atoms with E-state index in [-0.39, 0.29) is 11.9 Å². The van der Waals surface area contributed by atoms with Crippen molar-refractivity contribution in [3.8, 4) is 0 Å². The molecule has 1 aliphatic rings. The highest BCUT2D eigenvalue weighted by Gasteiger charge is 2.22. The summed E-state index contributed by atoms with van der Waals surface area (Å²) in [7, 11) is 0. The summed E-state index contributed by atoms with van der Waals surface area (Å²) in [6.45, 7) is 9.18. The summed E-state index contributed by atoms with van der Waals surface area (Å²) in [5.41, 5.74) is 1.79. The van der Waals surface area contributed by atoms with Crippen molar-refractivity contribution < 1.29 is 4.39 Å². The van der Waals surface area contributed by atoms with Gasteiger partial charge in [-0.3, -0.25) is 0 Å². The molecule has 0 heterocycles. The van der Waals surface area contributed by atoms with Gasteiger partial charge in [-0.2, -0.15) is 0 Å². The van der Waals surface area contributed by atoms with E-state index in [0.29, 0.717) is 0 Å². The summed E-state index contributed by atoms with van der Waals surface area (Å²) in [6.07, 6.45) is 5.03. The van der Waals surface area contributed by atoms with E-state index in [9.17, 15) is 4.39 Å². The molecule has 1 aromatic carbocycles. The minimum absolute atomic E-state index is 0.0844. The lowest BCUT2D eigenvalue weighted by molar-refractivity contribution is 0.318. The van der Waals surface area contributed by atoms with Gasteiger partial charge in [0.1, 0.15) is 5.82 Å². The molecule has 1 aliphatic carbocycles. The smallest absolute Gasteiger partial charge is 0.146 e. The number of halogens is 1. The van der Waals surface area contributed by atoms with E-state index in [4.69, 9.17) is 0 Å². The van der Waals surface area contributed by atoms with Gasteiger partial charge in [-0.1, -0.05) is 19.4 Å². The first-order valence-electron chi connectivity index (χ1n) is 8.43. The van der Waals surface area contributed by atoms with Crippen LogP contribution in [0.3, 0.4) is 0 Å². The Morgan fingerprint density at radius 1 is 1.33 bits per heavy atom. The summed E-state index contributed by atoms with van der Waals surface area (Å²) >= 11 is 0. The Morgan fingerprint density at radius 2 is 2.10 bits per heavy atom. The minimum Gasteiger partial charge on any atom is -0.369 e. The first-order valence-corrected chi connectivity index (χ1v) is 8.43. The zero-order valence-corrected chi connectivity index (χ0v) is 13.7. The second-order valence-electron chi connectivity index (χ2n) is 6.22. The minimum atomic E-state index is -0.0844. The first-order chi connectivity index (χ1) is 10.2. The molecule has 21 heavy (non-hydrogen) atoms. The molecule has 1 fully saturated rings. The zero-order valence-electron chi connectivity index (χ0n) is 13.7. The van der Waals surface area contributed by atoms with Gasteiger partial charge in [-0.15, -0.1) is 0 Å². The van der Waals surface area contributed by atoms with E-state index in [1.165, 1.54) is 19.3 Å². The topological polar surface area (TPSA) is 15.3 Å². The number of hydrogen-bond donors (Lipinski definition) is 1. The highest BCUT2D eigenvalue weighted by molar-refractivity contribution is 5.49. The number of hydrogen-bond acceptors (Lipinski definition) is 2. The van der Waals surface area contributed by atoms with Gasteiger partial charge >= 0.3 is 0 Å². The molecule has 0 spiro atoms. The predicted molar refractivity (Wildman–Crippen MR) is 88.3 cm³/mol. The lowest BCUT2D eigenvalue weighted by atomic mass is 9.85. The van der Waals surface area contributed by atoms with Crippen molar-refractivity contribution >= 4 is 5.69 Å². The van der Waals surface area contributed by atoms with Gasteiger partial charge in [0.25, 0.3) is 0 Å². The average Bonchev–Trinajstić information content (AvgIpc) is 2.44. The molecule has 0 radical (unpaired) electrons. The quantitative estimate of drug-likeness (QED) is 0.758. The van der Waals surface area contributed by atoms with E-state index < -0.39 is 0 Å². The van der Waals surface area contributed by atoms with E-state index in [2.05, 4.69) is 37.1 Å². The van der Waals surface area contributed by atoms with Crippen LogP contribution in [-0.4, -0.2) is 19.6 Å². The second-order valence-corrected chi connectivity index (χ2v) is 6.22. The Labute approximate surface area is 128 Å². The van der Waals surface area contributed by atoms with Crippen LogP contribution >= 0.6 is 0 Å². The second kappa shape index (κ2) is 7.79. The van der Waals surface area contributed by atoms with Crippen LogP contribution in [0.15, 0.2) is 18.2 Å². The zero-order chi connectivity index (χ0) is 15.2. The third-order valence-electron chi connectivity index (χ3n) is 4.60. The Hall–Kier alpha value is -1.09. The van der Waals surface area contributed by atoms with Crippen molar-refractivity contribution in [2.24, 2.45) is 5.92 Å². The molecule has 2 rings (SSSR count). The van der Waals surface area contributed by atoms with E-state index in [0.717, 1.165) is 43.2 Å². The summed E-state index contributed by atoms with van der Waals surface area (Å²) < 4.78 is 14.5. The summed E-state index contributed by atoms with van der Waals surface area (Å²) in [4.78, 5) is 2.19. The molecular formula is C18H29FN2. The third kappa shape index (κ3) is 4.19. The Kier molecular flexibility index (Phi) is 6.04. The molecule has 1 atom stereocenters. The largest absolute Gasteiger partial charge is 0.369 e. The SMILES string of the molecule is CCCNC(C)c1ccc(N(CC)CC2CCC2)c(F)c1. The fraction of sp³-hybridized carbons (Fsp3) is 0.667. The van der Waals surface area contributed by atoms with Gasteiger partial charge in [-0.05, 0) is 63.3 Å². The fourth-order valence-electron chi connectivity index (χ4n) is 2.91. The fourth-order valence-corrected chi connectivity index (χ4v) is 2.91. The average molecular weight is 292 g/mol. The highest BCUT2D eigenvalue weighted by Crippen LogP contribution is 2.30. The molecule has 1 aromatic rings. The van der Waals surface area contributed by atoms with Crippen molar-refractivity contribution in [1.29, 1.82) is 0 Å². The Balaban J connectivity index is 2.05. The van der Waals surface area contributed by atoms with E-state index in [1.54, 1.807) is 6.07 Å². The van der Waals surface area contributed by atoms with Gasteiger partial charge in [0.15, 0.2) is 0 Å². The summed E-state index contributed by atoms with van der Waals surface area (Å²) in [5.74, 6) is 0.674. The normalized spacial score (nSPS) is 16.6. The molecule has 0 aromatic heterocycles. The molecule has 0 bridgehead atoms. The Morgan fingerprint density at radius 3 is 2.62 bits per heavy atom. The van der Waals surface area contributed by atoms with Gasteiger partial charge < -0.3 is 10.2 Å². The van der Waals surface area contributed by atoms with Crippen LogP contribution in [0.2, 0.25) is 0 Å². The van der Waals surface area contributed by atoms with E-state index in [1.807, 2.05) is 6.07 Å². The maximum atomic E-state index is 14.5. The van der Waals surface area contributed by atoms with Gasteiger partial charge in [0.2, 0.25) is 0 Å². The summed E-state index contributed by atoms with van der Waals surface area (Å²) in [5, 5.41) is 3.41. The van der Waals surface area contributed by atoms with Crippen LogP contribution in [0.4, 0.5) is 10.1 Å². The van der Waals surface area contributed by atoms with Crippen LogP contribution < -0.4 is 10.2 Å². The molecule has 1 N–H and O–H groups in total. The lowest BCUT2D eigenvalue weighted by Crippen LogP contribution is -2.33. The van der Waals surface area contributed by atoms with Crippen molar-refractivity contribution in [1.82, 2.24) is 5.32 Å². The van der Waals surface area contributed by atoms with Gasteiger partial charge in [-0.25, -0.2) is 4.39 Å². The maximum absolute atomic E-state index is 14.5. The number of nitrogens with zero attached hydrogens (tertiary/aromatic N) is 1. The molecule has 0 aliphatic heterocycles. The molecule has 0 saturated heterocycles. The monoisotopic (exact) mass is 292 g/mol. The van der Waals surface area contributed by atoms with Crippen LogP contribution in [-0.2, 0) is 0 Å². The molecule has 1 unspecified atom stereocenters. The standard InChI is InChI=1S/C18H29FN2/c1-4-11-20-14(3)16-9-10-18(17(19)12-16)21(5-2)13-15-7-6-8-15/h9-10,12,14-15,20H,4-8,11,13H2,1-3H3. The first kappa shape index (κ1) is 16.3. The number of anilines is 1. The molecule has 2 nitrogen and oxygen atoms in total. The van der Waals surface area contributed by atoms with Crippen LogP contribution in [0.1, 0.15) is 58.1 Å². The predicted octanol–water partition coefficient (Wildman–Crippen LogP) is 4.51. The van der Waals surface area contributed by atoms with Gasteiger partial charge in [0.05, 0.1) is 5.69 Å². The molecule has 3 heteroatoms. The van der Waals surface area contributed by atoms with Crippen LogP contribution in [0.25, 0.3) is 0 Å². The van der Waals surface area contributed by atoms with Crippen molar-refractivity contribution in [2.45, 2.75) is 52.5 Å². The lowest BCUT2D eigenvalue weighted by Gasteiger charge is -2.33. The maximum Gasteiger partial charge on any atom is 0.146 e. The third-order valence-corrected chi connectivity index (χ3v) is 4.60. The number of benzene rings is 1. The highest BCUT2D eigenvalue weighted by atomic mass is 19.1.